The summed E-state index contributed by atoms with van der Waals surface area (Å²) in [4.78, 5) is 21.5. The molecule has 0 spiro atoms. The fourth-order valence-corrected chi connectivity index (χ4v) is 6.26. The molecule has 1 amide bonds. The highest BCUT2D eigenvalue weighted by Gasteiger charge is 2.42. The van der Waals surface area contributed by atoms with Crippen LogP contribution in [0.5, 0.6) is 0 Å². The van der Waals surface area contributed by atoms with Gasteiger partial charge in [0.25, 0.3) is 0 Å². The summed E-state index contributed by atoms with van der Waals surface area (Å²) >= 11 is 0. The van der Waals surface area contributed by atoms with Crippen molar-refractivity contribution in [2.24, 2.45) is 5.73 Å². The summed E-state index contributed by atoms with van der Waals surface area (Å²) in [5.74, 6) is 1.09. The van der Waals surface area contributed by atoms with E-state index in [4.69, 9.17) is 15.5 Å². The van der Waals surface area contributed by atoms with E-state index in [1.165, 1.54) is 31.2 Å². The van der Waals surface area contributed by atoms with Crippen molar-refractivity contribution in [3.05, 3.63) is 53.1 Å². The second-order valence-corrected chi connectivity index (χ2v) is 9.62. The SMILES string of the molecule is COC(=O)N1CCc2nc(C)n([C@H]3C[C@H]4CC[C@@H](C3)N4CC[C@H](N)c3ccccc3)c2C1. The first-order valence-corrected chi connectivity index (χ1v) is 12.0. The number of hydrogen-bond acceptors (Lipinski definition) is 5. The van der Waals surface area contributed by atoms with Crippen LogP contribution in [0.2, 0.25) is 0 Å². The zero-order chi connectivity index (χ0) is 22.2. The minimum atomic E-state index is -0.245. The molecule has 0 unspecified atom stereocenters. The predicted octanol–water partition coefficient (Wildman–Crippen LogP) is 3.57. The Hall–Kier alpha value is -2.38. The molecule has 4 heterocycles. The summed E-state index contributed by atoms with van der Waals surface area (Å²) in [7, 11) is 1.46. The molecule has 7 heteroatoms. The van der Waals surface area contributed by atoms with Gasteiger partial charge in [-0.2, -0.15) is 0 Å². The highest BCUT2D eigenvalue weighted by atomic mass is 16.5. The van der Waals surface area contributed by atoms with Crippen LogP contribution in [0.25, 0.3) is 0 Å². The number of fused-ring (bicyclic) bond motifs is 3. The zero-order valence-electron chi connectivity index (χ0n) is 19.2. The molecule has 2 aromatic rings. The Labute approximate surface area is 190 Å². The van der Waals surface area contributed by atoms with Crippen LogP contribution in [0, 0.1) is 6.92 Å². The number of aromatic nitrogens is 2. The average Bonchev–Trinajstić information content (AvgIpc) is 3.27. The summed E-state index contributed by atoms with van der Waals surface area (Å²) in [6, 6.07) is 12.2. The van der Waals surface area contributed by atoms with Crippen molar-refractivity contribution in [3.8, 4) is 0 Å². The zero-order valence-corrected chi connectivity index (χ0v) is 19.2. The number of amides is 1. The molecule has 1 aromatic carbocycles. The number of benzene rings is 1. The van der Waals surface area contributed by atoms with Crippen LogP contribution in [-0.2, 0) is 17.7 Å². The van der Waals surface area contributed by atoms with Gasteiger partial charge in [0.1, 0.15) is 5.82 Å². The van der Waals surface area contributed by atoms with E-state index in [9.17, 15) is 4.79 Å². The highest BCUT2D eigenvalue weighted by molar-refractivity contribution is 5.67. The number of methoxy groups -OCH3 is 1. The molecule has 5 rings (SSSR count). The molecule has 1 aromatic heterocycles. The van der Waals surface area contributed by atoms with Gasteiger partial charge >= 0.3 is 6.09 Å². The Bertz CT molecular complexity index is 945. The molecule has 3 aliphatic heterocycles. The molecule has 2 N–H and O–H groups in total. The summed E-state index contributed by atoms with van der Waals surface area (Å²) in [6.07, 6.45) is 6.40. The third kappa shape index (κ3) is 3.92. The number of imidazole rings is 1. The van der Waals surface area contributed by atoms with Gasteiger partial charge in [-0.3, -0.25) is 4.90 Å². The number of ether oxygens (including phenoxy) is 1. The average molecular weight is 438 g/mol. The number of hydrogen-bond donors (Lipinski definition) is 1. The summed E-state index contributed by atoms with van der Waals surface area (Å²) < 4.78 is 7.42. The van der Waals surface area contributed by atoms with Gasteiger partial charge in [0, 0.05) is 43.7 Å². The van der Waals surface area contributed by atoms with E-state index in [-0.39, 0.29) is 12.1 Å². The molecule has 0 radical (unpaired) electrons. The van der Waals surface area contributed by atoms with Crippen molar-refractivity contribution >= 4 is 6.09 Å². The van der Waals surface area contributed by atoms with Crippen molar-refractivity contribution in [1.29, 1.82) is 0 Å². The third-order valence-corrected chi connectivity index (χ3v) is 7.81. The second kappa shape index (κ2) is 8.87. The van der Waals surface area contributed by atoms with E-state index < -0.39 is 0 Å². The number of carbonyl (C=O) groups excluding carboxylic acids is 1. The number of aryl methyl sites for hydroxylation is 1. The third-order valence-electron chi connectivity index (χ3n) is 7.81. The minimum Gasteiger partial charge on any atom is -0.453 e. The lowest BCUT2D eigenvalue weighted by Gasteiger charge is -2.41. The van der Waals surface area contributed by atoms with Gasteiger partial charge in [0.2, 0.25) is 0 Å². The maximum absolute atomic E-state index is 12.1. The Kier molecular flexibility index (Phi) is 5.95. The molecule has 32 heavy (non-hydrogen) atoms. The normalized spacial score (nSPS) is 26.1. The molecule has 3 aliphatic rings. The fourth-order valence-electron chi connectivity index (χ4n) is 6.26. The molecule has 7 nitrogen and oxygen atoms in total. The molecular weight excluding hydrogens is 402 g/mol. The smallest absolute Gasteiger partial charge is 0.409 e. The molecule has 2 fully saturated rings. The van der Waals surface area contributed by atoms with Crippen LogP contribution >= 0.6 is 0 Å². The lowest BCUT2D eigenvalue weighted by atomic mass is 9.95. The van der Waals surface area contributed by atoms with Gasteiger partial charge < -0.3 is 19.9 Å². The molecule has 0 saturated carbocycles. The molecule has 4 atom stereocenters. The van der Waals surface area contributed by atoms with E-state index >= 15 is 0 Å². The molecule has 2 saturated heterocycles. The first-order chi connectivity index (χ1) is 15.5. The van der Waals surface area contributed by atoms with E-state index in [1.807, 2.05) is 6.07 Å². The largest absolute Gasteiger partial charge is 0.453 e. The number of carbonyl (C=O) groups is 1. The van der Waals surface area contributed by atoms with Crippen molar-refractivity contribution in [2.45, 2.75) is 76.2 Å². The van der Waals surface area contributed by atoms with Crippen molar-refractivity contribution in [3.63, 3.8) is 0 Å². The van der Waals surface area contributed by atoms with Crippen LogP contribution < -0.4 is 5.73 Å². The number of nitrogens with zero attached hydrogens (tertiary/aromatic N) is 4. The van der Waals surface area contributed by atoms with Crippen LogP contribution in [0.15, 0.2) is 30.3 Å². The lowest BCUT2D eigenvalue weighted by Crippen LogP contribution is -2.45. The Balaban J connectivity index is 1.27. The maximum Gasteiger partial charge on any atom is 0.409 e. The Morgan fingerprint density at radius 3 is 2.59 bits per heavy atom. The van der Waals surface area contributed by atoms with E-state index in [2.05, 4.69) is 40.7 Å². The summed E-state index contributed by atoms with van der Waals surface area (Å²) in [5, 5.41) is 0. The lowest BCUT2D eigenvalue weighted by molar-refractivity contribution is 0.0974. The predicted molar refractivity (Wildman–Crippen MR) is 123 cm³/mol. The van der Waals surface area contributed by atoms with Gasteiger partial charge in [-0.25, -0.2) is 9.78 Å². The molecule has 172 valence electrons. The molecule has 2 bridgehead atoms. The van der Waals surface area contributed by atoms with Gasteiger partial charge in [-0.15, -0.1) is 0 Å². The van der Waals surface area contributed by atoms with Crippen molar-refractivity contribution < 1.29 is 9.53 Å². The van der Waals surface area contributed by atoms with Crippen LogP contribution in [0.3, 0.4) is 0 Å². The van der Waals surface area contributed by atoms with Gasteiger partial charge in [0.05, 0.1) is 25.0 Å². The molecule has 0 aliphatic carbocycles. The number of piperidine rings is 1. The minimum absolute atomic E-state index is 0.0977. The van der Waals surface area contributed by atoms with Gasteiger partial charge in [0.15, 0.2) is 0 Å². The standard InChI is InChI=1S/C25H35N5O2/c1-17-27-23-11-12-28(25(31)32-2)16-24(23)30(17)21-14-19-8-9-20(15-21)29(19)13-10-22(26)18-6-4-3-5-7-18/h3-7,19-22H,8-16,26H2,1-2H3/t19-,20+,21+,22-/m0/s1. The first kappa shape index (κ1) is 21.5. The quantitative estimate of drug-likeness (QED) is 0.774. The van der Waals surface area contributed by atoms with Crippen LogP contribution in [-0.4, -0.2) is 57.7 Å². The van der Waals surface area contributed by atoms with E-state index in [1.54, 1.807) is 4.90 Å². The topological polar surface area (TPSA) is 76.6 Å². The van der Waals surface area contributed by atoms with Crippen LogP contribution in [0.1, 0.15) is 67.0 Å². The monoisotopic (exact) mass is 437 g/mol. The first-order valence-electron chi connectivity index (χ1n) is 12.0. The maximum atomic E-state index is 12.1. The summed E-state index contributed by atoms with van der Waals surface area (Å²) in [5.41, 5.74) is 10.1. The van der Waals surface area contributed by atoms with E-state index in [0.717, 1.165) is 43.7 Å². The van der Waals surface area contributed by atoms with Gasteiger partial charge in [-0.05, 0) is 44.6 Å². The highest BCUT2D eigenvalue weighted by Crippen LogP contribution is 2.42. The number of nitrogens with two attached hydrogens (primary N) is 1. The van der Waals surface area contributed by atoms with Gasteiger partial charge in [-0.1, -0.05) is 30.3 Å². The number of rotatable bonds is 5. The molecular formula is C25H35N5O2. The second-order valence-electron chi connectivity index (χ2n) is 9.62. The van der Waals surface area contributed by atoms with Crippen LogP contribution in [0.4, 0.5) is 4.79 Å². The fraction of sp³-hybridized carbons (Fsp3) is 0.600. The van der Waals surface area contributed by atoms with Crippen molar-refractivity contribution in [2.75, 3.05) is 20.2 Å². The Morgan fingerprint density at radius 1 is 1.19 bits per heavy atom. The summed E-state index contributed by atoms with van der Waals surface area (Å²) in [6.45, 7) is 4.47. The van der Waals surface area contributed by atoms with Crippen molar-refractivity contribution in [1.82, 2.24) is 19.4 Å². The Morgan fingerprint density at radius 2 is 1.91 bits per heavy atom. The van der Waals surface area contributed by atoms with E-state index in [0.29, 0.717) is 31.2 Å².